The predicted octanol–water partition coefficient (Wildman–Crippen LogP) is 1.39. The second-order valence-electron chi connectivity index (χ2n) is 3.99. The molecule has 5 heteroatoms. The average Bonchev–Trinajstić information content (AvgIpc) is 2.74. The highest BCUT2D eigenvalue weighted by Crippen LogP contribution is 2.15. The zero-order chi connectivity index (χ0) is 12.3. The first-order valence-corrected chi connectivity index (χ1v) is 5.42. The van der Waals surface area contributed by atoms with E-state index >= 15 is 0 Å². The van der Waals surface area contributed by atoms with Crippen molar-refractivity contribution >= 4 is 11.6 Å². The number of carbonyl (C=O) groups excluding carboxylic acids is 1. The fourth-order valence-corrected chi connectivity index (χ4v) is 1.79. The van der Waals surface area contributed by atoms with Gasteiger partial charge in [0.1, 0.15) is 11.9 Å². The van der Waals surface area contributed by atoms with E-state index in [-0.39, 0.29) is 17.5 Å². The summed E-state index contributed by atoms with van der Waals surface area (Å²) in [6.07, 6.45) is 1.36. The minimum absolute atomic E-state index is 0.0189. The molecule has 0 bridgehead atoms. The van der Waals surface area contributed by atoms with Crippen molar-refractivity contribution in [2.45, 2.75) is 18.9 Å². The Bertz CT molecular complexity index is 481. The van der Waals surface area contributed by atoms with Crippen molar-refractivity contribution in [3.8, 4) is 6.07 Å². The zero-order valence-electron chi connectivity index (χ0n) is 9.16. The minimum Gasteiger partial charge on any atom is -0.383 e. The van der Waals surface area contributed by atoms with E-state index in [1.54, 1.807) is 12.1 Å². The number of hydrogen-bond acceptors (Lipinski definition) is 3. The third-order valence-electron chi connectivity index (χ3n) is 2.72. The smallest absolute Gasteiger partial charge is 0.220 e. The van der Waals surface area contributed by atoms with Crippen molar-refractivity contribution in [1.29, 1.82) is 5.26 Å². The number of nitrogens with zero attached hydrogens (tertiary/aromatic N) is 1. The van der Waals surface area contributed by atoms with Crippen molar-refractivity contribution in [3.63, 3.8) is 0 Å². The van der Waals surface area contributed by atoms with E-state index in [1.165, 1.54) is 12.1 Å². The van der Waals surface area contributed by atoms with Crippen LogP contribution in [0.15, 0.2) is 18.2 Å². The Balaban J connectivity index is 1.95. The summed E-state index contributed by atoms with van der Waals surface area (Å²) in [6.45, 7) is 0.586. The third-order valence-corrected chi connectivity index (χ3v) is 2.72. The molecule has 1 aliphatic rings. The number of amides is 1. The molecule has 1 atom stereocenters. The van der Waals surface area contributed by atoms with Crippen molar-refractivity contribution in [3.05, 3.63) is 29.6 Å². The predicted molar refractivity (Wildman–Crippen MR) is 60.8 cm³/mol. The molecule has 1 aromatic carbocycles. The average molecular weight is 233 g/mol. The van der Waals surface area contributed by atoms with E-state index in [9.17, 15) is 9.18 Å². The Hall–Kier alpha value is -2.09. The van der Waals surface area contributed by atoms with Gasteiger partial charge in [-0.3, -0.25) is 4.79 Å². The molecule has 17 heavy (non-hydrogen) atoms. The van der Waals surface area contributed by atoms with E-state index in [0.29, 0.717) is 18.7 Å². The summed E-state index contributed by atoms with van der Waals surface area (Å²) in [5, 5.41) is 14.6. The van der Waals surface area contributed by atoms with E-state index in [0.717, 1.165) is 6.42 Å². The second-order valence-corrected chi connectivity index (χ2v) is 3.99. The van der Waals surface area contributed by atoms with E-state index in [2.05, 4.69) is 10.6 Å². The Kier molecular flexibility index (Phi) is 3.24. The molecule has 1 unspecified atom stereocenters. The highest BCUT2D eigenvalue weighted by Gasteiger charge is 2.20. The molecule has 2 rings (SSSR count). The van der Waals surface area contributed by atoms with Gasteiger partial charge >= 0.3 is 0 Å². The van der Waals surface area contributed by atoms with Crippen LogP contribution >= 0.6 is 0 Å². The van der Waals surface area contributed by atoms with Gasteiger partial charge in [0.2, 0.25) is 5.91 Å². The highest BCUT2D eigenvalue weighted by molar-refractivity contribution is 5.78. The number of anilines is 1. The maximum Gasteiger partial charge on any atom is 0.220 e. The molecule has 88 valence electrons. The monoisotopic (exact) mass is 233 g/mol. The summed E-state index contributed by atoms with van der Waals surface area (Å²) in [5.41, 5.74) is 0.703. The molecule has 1 fully saturated rings. The van der Waals surface area contributed by atoms with Crippen LogP contribution < -0.4 is 10.6 Å². The molecule has 0 radical (unpaired) electrons. The van der Waals surface area contributed by atoms with Gasteiger partial charge in [0.15, 0.2) is 0 Å². The molecule has 1 aromatic rings. The first-order chi connectivity index (χ1) is 8.19. The van der Waals surface area contributed by atoms with Crippen molar-refractivity contribution in [1.82, 2.24) is 5.32 Å². The summed E-state index contributed by atoms with van der Waals surface area (Å²) < 4.78 is 13.1. The van der Waals surface area contributed by atoms with Crippen LogP contribution in [0.4, 0.5) is 10.1 Å². The fourth-order valence-electron chi connectivity index (χ4n) is 1.79. The van der Waals surface area contributed by atoms with Crippen molar-refractivity contribution in [2.24, 2.45) is 0 Å². The van der Waals surface area contributed by atoms with Gasteiger partial charge < -0.3 is 10.6 Å². The molecular weight excluding hydrogens is 221 g/mol. The van der Waals surface area contributed by atoms with Gasteiger partial charge in [-0.15, -0.1) is 0 Å². The molecule has 0 saturated carbocycles. The fraction of sp³-hybridized carbons (Fsp3) is 0.333. The van der Waals surface area contributed by atoms with Crippen LogP contribution in [-0.2, 0) is 4.79 Å². The number of nitrogens with one attached hydrogen (secondary N) is 2. The highest BCUT2D eigenvalue weighted by atomic mass is 19.1. The molecule has 0 spiro atoms. The first-order valence-electron chi connectivity index (χ1n) is 5.42. The summed E-state index contributed by atoms with van der Waals surface area (Å²) in [7, 11) is 0. The van der Waals surface area contributed by atoms with Crippen LogP contribution in [0, 0.1) is 17.1 Å². The van der Waals surface area contributed by atoms with Crippen LogP contribution in [0.2, 0.25) is 0 Å². The Morgan fingerprint density at radius 3 is 3.06 bits per heavy atom. The Morgan fingerprint density at radius 2 is 2.41 bits per heavy atom. The molecule has 0 aliphatic carbocycles. The molecule has 1 heterocycles. The standard InChI is InChI=1S/C12H12FN3O/c13-11-3-1-9(5-8(11)6-14)15-7-10-2-4-12(17)16-10/h1,3,5,10,15H,2,4,7H2,(H,16,17). The molecule has 1 aliphatic heterocycles. The van der Waals surface area contributed by atoms with Crippen LogP contribution in [0.25, 0.3) is 0 Å². The van der Waals surface area contributed by atoms with Crippen LogP contribution in [0.5, 0.6) is 0 Å². The van der Waals surface area contributed by atoms with Crippen molar-refractivity contribution < 1.29 is 9.18 Å². The molecule has 1 saturated heterocycles. The van der Waals surface area contributed by atoms with Gasteiger partial charge in [0.25, 0.3) is 0 Å². The summed E-state index contributed by atoms with van der Waals surface area (Å²) in [6, 6.07) is 6.19. The summed E-state index contributed by atoms with van der Waals surface area (Å²) >= 11 is 0. The van der Waals surface area contributed by atoms with Gasteiger partial charge in [-0.05, 0) is 24.6 Å². The lowest BCUT2D eigenvalue weighted by atomic mass is 10.2. The van der Waals surface area contributed by atoms with Gasteiger partial charge in [-0.1, -0.05) is 0 Å². The first kappa shape index (κ1) is 11.4. The molecule has 4 nitrogen and oxygen atoms in total. The van der Waals surface area contributed by atoms with Crippen molar-refractivity contribution in [2.75, 3.05) is 11.9 Å². The van der Waals surface area contributed by atoms with Gasteiger partial charge in [0, 0.05) is 24.7 Å². The number of halogens is 1. The Morgan fingerprint density at radius 1 is 1.59 bits per heavy atom. The number of nitriles is 1. The summed E-state index contributed by atoms with van der Waals surface area (Å²) in [4.78, 5) is 11.0. The van der Waals surface area contributed by atoms with E-state index in [4.69, 9.17) is 5.26 Å². The number of benzene rings is 1. The van der Waals surface area contributed by atoms with Gasteiger partial charge in [-0.2, -0.15) is 5.26 Å². The lowest BCUT2D eigenvalue weighted by molar-refractivity contribution is -0.119. The summed E-state index contributed by atoms with van der Waals surface area (Å²) in [5.74, 6) is -0.458. The lowest BCUT2D eigenvalue weighted by Gasteiger charge is -2.12. The van der Waals surface area contributed by atoms with Crippen LogP contribution in [-0.4, -0.2) is 18.5 Å². The van der Waals surface area contributed by atoms with Gasteiger partial charge in [0.05, 0.1) is 5.56 Å². The number of carbonyl (C=O) groups is 1. The maximum absolute atomic E-state index is 13.1. The largest absolute Gasteiger partial charge is 0.383 e. The maximum atomic E-state index is 13.1. The topological polar surface area (TPSA) is 64.9 Å². The number of rotatable bonds is 3. The number of hydrogen-bond donors (Lipinski definition) is 2. The normalized spacial score (nSPS) is 18.6. The SMILES string of the molecule is N#Cc1cc(NCC2CCC(=O)N2)ccc1F. The quantitative estimate of drug-likeness (QED) is 0.829. The van der Waals surface area contributed by atoms with Crippen LogP contribution in [0.3, 0.4) is 0 Å². The second kappa shape index (κ2) is 4.83. The molecule has 0 aromatic heterocycles. The molecule has 1 amide bonds. The third kappa shape index (κ3) is 2.72. The molecular formula is C12H12FN3O. The Labute approximate surface area is 98.4 Å². The van der Waals surface area contributed by atoms with E-state index < -0.39 is 5.82 Å². The molecule has 2 N–H and O–H groups in total. The van der Waals surface area contributed by atoms with Gasteiger partial charge in [-0.25, -0.2) is 4.39 Å². The minimum atomic E-state index is -0.521. The van der Waals surface area contributed by atoms with Crippen LogP contribution in [0.1, 0.15) is 18.4 Å². The zero-order valence-corrected chi connectivity index (χ0v) is 9.16. The van der Waals surface area contributed by atoms with E-state index in [1.807, 2.05) is 0 Å². The lowest BCUT2D eigenvalue weighted by Crippen LogP contribution is -2.31.